The summed E-state index contributed by atoms with van der Waals surface area (Å²) in [7, 11) is 0. The number of aromatic hydroxyl groups is 1. The van der Waals surface area contributed by atoms with Crippen molar-refractivity contribution in [1.29, 1.82) is 0 Å². The Hall–Kier alpha value is -1.24. The molecular weight excluding hydrogens is 148 g/mol. The lowest BCUT2D eigenvalue weighted by Gasteiger charge is -2.07. The van der Waals surface area contributed by atoms with E-state index >= 15 is 0 Å². The zero-order chi connectivity index (χ0) is 9.30. The van der Waals surface area contributed by atoms with Crippen molar-refractivity contribution in [3.05, 3.63) is 35.4 Å². The predicted octanol–water partition coefficient (Wildman–Crippen LogP) is 3.04. The number of aryl methyl sites for hydroxylation is 2. The fourth-order valence-corrected chi connectivity index (χ4v) is 1.14. The molecule has 0 saturated carbocycles. The first-order valence-corrected chi connectivity index (χ1v) is 3.98. The topological polar surface area (TPSA) is 20.2 Å². The van der Waals surface area contributed by atoms with Crippen LogP contribution in [-0.2, 0) is 0 Å². The van der Waals surface area contributed by atoms with Gasteiger partial charge in [-0.15, -0.1) is 0 Å². The summed E-state index contributed by atoms with van der Waals surface area (Å²) in [5, 5.41) is 9.53. The van der Waals surface area contributed by atoms with Crippen LogP contribution in [0.5, 0.6) is 5.75 Å². The maximum Gasteiger partial charge on any atom is 0.123 e. The molecule has 0 fully saturated rings. The van der Waals surface area contributed by atoms with E-state index in [4.69, 9.17) is 0 Å². The fraction of sp³-hybridized carbons (Fsp3) is 0.273. The molecule has 0 aliphatic heterocycles. The van der Waals surface area contributed by atoms with Crippen LogP contribution in [0.2, 0.25) is 0 Å². The summed E-state index contributed by atoms with van der Waals surface area (Å²) in [4.78, 5) is 0. The summed E-state index contributed by atoms with van der Waals surface area (Å²) in [6.45, 7) is 9.70. The molecule has 0 bridgehead atoms. The second kappa shape index (κ2) is 3.02. The zero-order valence-corrected chi connectivity index (χ0v) is 7.81. The van der Waals surface area contributed by atoms with Gasteiger partial charge in [0.2, 0.25) is 0 Å². The van der Waals surface area contributed by atoms with Crippen LogP contribution in [0, 0.1) is 13.8 Å². The van der Waals surface area contributed by atoms with Crippen LogP contribution in [-0.4, -0.2) is 5.11 Å². The second-order valence-electron chi connectivity index (χ2n) is 3.23. The SMILES string of the molecule is C=C(C)c1cc(C)c(C)cc1O. The summed E-state index contributed by atoms with van der Waals surface area (Å²) >= 11 is 0. The van der Waals surface area contributed by atoms with E-state index < -0.39 is 0 Å². The molecule has 1 aromatic rings. The number of rotatable bonds is 1. The van der Waals surface area contributed by atoms with E-state index in [-0.39, 0.29) is 0 Å². The molecule has 0 spiro atoms. The molecule has 12 heavy (non-hydrogen) atoms. The normalized spacial score (nSPS) is 9.92. The van der Waals surface area contributed by atoms with Gasteiger partial charge in [-0.25, -0.2) is 0 Å². The third-order valence-corrected chi connectivity index (χ3v) is 2.07. The molecule has 0 amide bonds. The molecule has 0 aromatic heterocycles. The van der Waals surface area contributed by atoms with E-state index in [1.165, 1.54) is 5.56 Å². The molecule has 64 valence electrons. The number of benzene rings is 1. The molecule has 0 atom stereocenters. The van der Waals surface area contributed by atoms with Gasteiger partial charge in [-0.05, 0) is 49.6 Å². The minimum absolute atomic E-state index is 0.325. The number of allylic oxidation sites excluding steroid dienone is 1. The van der Waals surface area contributed by atoms with Crippen molar-refractivity contribution < 1.29 is 5.11 Å². The number of hydrogen-bond donors (Lipinski definition) is 1. The average Bonchev–Trinajstić information content (AvgIpc) is 1.96. The van der Waals surface area contributed by atoms with Gasteiger partial charge in [0, 0.05) is 5.56 Å². The highest BCUT2D eigenvalue weighted by atomic mass is 16.3. The first-order chi connectivity index (χ1) is 5.52. The van der Waals surface area contributed by atoms with Crippen LogP contribution < -0.4 is 0 Å². The molecule has 0 unspecified atom stereocenters. The summed E-state index contributed by atoms with van der Waals surface area (Å²) in [6, 6.07) is 3.74. The molecule has 0 heterocycles. The Balaban J connectivity index is 3.33. The van der Waals surface area contributed by atoms with E-state index in [9.17, 15) is 5.11 Å². The molecular formula is C11H14O. The molecule has 0 aliphatic rings. The minimum Gasteiger partial charge on any atom is -0.507 e. The number of phenols is 1. The van der Waals surface area contributed by atoms with Gasteiger partial charge in [0.25, 0.3) is 0 Å². The third kappa shape index (κ3) is 1.50. The van der Waals surface area contributed by atoms with Gasteiger partial charge in [-0.3, -0.25) is 0 Å². The smallest absolute Gasteiger partial charge is 0.123 e. The van der Waals surface area contributed by atoms with Crippen LogP contribution in [0.1, 0.15) is 23.6 Å². The van der Waals surface area contributed by atoms with E-state index in [1.807, 2.05) is 26.8 Å². The molecule has 1 heteroatoms. The Labute approximate surface area is 73.4 Å². The highest BCUT2D eigenvalue weighted by Crippen LogP contribution is 2.26. The summed E-state index contributed by atoms with van der Waals surface area (Å²) < 4.78 is 0. The number of hydrogen-bond acceptors (Lipinski definition) is 1. The van der Waals surface area contributed by atoms with Crippen molar-refractivity contribution in [2.45, 2.75) is 20.8 Å². The molecule has 0 radical (unpaired) electrons. The van der Waals surface area contributed by atoms with E-state index in [2.05, 4.69) is 6.58 Å². The van der Waals surface area contributed by atoms with E-state index in [0.717, 1.165) is 16.7 Å². The Bertz CT molecular complexity index is 324. The first kappa shape index (κ1) is 8.85. The van der Waals surface area contributed by atoms with Gasteiger partial charge in [0.1, 0.15) is 5.75 Å². The number of phenolic OH excluding ortho intramolecular Hbond substituents is 1. The maximum atomic E-state index is 9.53. The molecule has 1 nitrogen and oxygen atoms in total. The molecule has 1 rings (SSSR count). The average molecular weight is 162 g/mol. The first-order valence-electron chi connectivity index (χ1n) is 3.98. The van der Waals surface area contributed by atoms with Gasteiger partial charge in [0.15, 0.2) is 0 Å². The van der Waals surface area contributed by atoms with Gasteiger partial charge >= 0.3 is 0 Å². The van der Waals surface area contributed by atoms with E-state index in [0.29, 0.717) is 5.75 Å². The molecule has 0 saturated heterocycles. The zero-order valence-electron chi connectivity index (χ0n) is 7.81. The van der Waals surface area contributed by atoms with Crippen molar-refractivity contribution in [2.75, 3.05) is 0 Å². The Morgan fingerprint density at radius 2 is 1.75 bits per heavy atom. The Morgan fingerprint density at radius 3 is 2.25 bits per heavy atom. The second-order valence-corrected chi connectivity index (χ2v) is 3.23. The van der Waals surface area contributed by atoms with Crippen LogP contribution in [0.15, 0.2) is 18.7 Å². The lowest BCUT2D eigenvalue weighted by atomic mass is 10.0. The quantitative estimate of drug-likeness (QED) is 0.673. The lowest BCUT2D eigenvalue weighted by molar-refractivity contribution is 0.473. The highest BCUT2D eigenvalue weighted by Gasteiger charge is 2.03. The largest absolute Gasteiger partial charge is 0.507 e. The van der Waals surface area contributed by atoms with Gasteiger partial charge in [-0.2, -0.15) is 0 Å². The van der Waals surface area contributed by atoms with Gasteiger partial charge in [-0.1, -0.05) is 6.58 Å². The van der Waals surface area contributed by atoms with Crippen molar-refractivity contribution in [2.24, 2.45) is 0 Å². The molecule has 1 N–H and O–H groups in total. The van der Waals surface area contributed by atoms with Gasteiger partial charge in [0.05, 0.1) is 0 Å². The van der Waals surface area contributed by atoms with E-state index in [1.54, 1.807) is 6.07 Å². The fourth-order valence-electron chi connectivity index (χ4n) is 1.14. The van der Waals surface area contributed by atoms with Crippen LogP contribution in [0.4, 0.5) is 0 Å². The van der Waals surface area contributed by atoms with Crippen molar-refractivity contribution in [3.8, 4) is 5.75 Å². The third-order valence-electron chi connectivity index (χ3n) is 2.07. The van der Waals surface area contributed by atoms with Crippen molar-refractivity contribution >= 4 is 5.57 Å². The van der Waals surface area contributed by atoms with Crippen LogP contribution in [0.3, 0.4) is 0 Å². The Kier molecular flexibility index (Phi) is 2.22. The minimum atomic E-state index is 0.325. The standard InChI is InChI=1S/C11H14O/c1-7(2)10-5-8(3)9(4)6-11(10)12/h5-6,12H,1H2,2-4H3. The van der Waals surface area contributed by atoms with Crippen molar-refractivity contribution in [1.82, 2.24) is 0 Å². The van der Waals surface area contributed by atoms with Crippen LogP contribution >= 0.6 is 0 Å². The summed E-state index contributed by atoms with van der Waals surface area (Å²) in [6.07, 6.45) is 0. The van der Waals surface area contributed by atoms with Gasteiger partial charge < -0.3 is 5.11 Å². The molecule has 0 aliphatic carbocycles. The van der Waals surface area contributed by atoms with Crippen molar-refractivity contribution in [3.63, 3.8) is 0 Å². The maximum absolute atomic E-state index is 9.53. The summed E-state index contributed by atoms with van der Waals surface area (Å²) in [5.41, 5.74) is 4.04. The highest BCUT2D eigenvalue weighted by molar-refractivity contribution is 5.68. The lowest BCUT2D eigenvalue weighted by Crippen LogP contribution is -1.85. The summed E-state index contributed by atoms with van der Waals surface area (Å²) in [5.74, 6) is 0.325. The Morgan fingerprint density at radius 1 is 1.25 bits per heavy atom. The predicted molar refractivity (Wildman–Crippen MR) is 52.3 cm³/mol. The molecule has 1 aromatic carbocycles. The monoisotopic (exact) mass is 162 g/mol. The van der Waals surface area contributed by atoms with Crippen LogP contribution in [0.25, 0.3) is 5.57 Å².